The largest absolute Gasteiger partial charge is 0.480 e. The Labute approximate surface area is 189 Å². The van der Waals surface area contributed by atoms with E-state index in [2.05, 4.69) is 21.3 Å². The Morgan fingerprint density at radius 3 is 1.85 bits per heavy atom. The first kappa shape index (κ1) is 29.5. The summed E-state index contributed by atoms with van der Waals surface area (Å²) in [5, 5.41) is 43.7. The summed E-state index contributed by atoms with van der Waals surface area (Å²) in [5.41, 5.74) is 15.5. The number of aliphatic hydroxyl groups is 2. The molecule has 0 spiro atoms. The average Bonchev–Trinajstić information content (AvgIpc) is 2.75. The van der Waals surface area contributed by atoms with E-state index in [9.17, 15) is 34.2 Å². The third-order valence-corrected chi connectivity index (χ3v) is 4.26. The lowest BCUT2D eigenvalue weighted by Gasteiger charge is -2.24. The van der Waals surface area contributed by atoms with Gasteiger partial charge in [0.2, 0.25) is 23.6 Å². The molecule has 0 saturated heterocycles. The van der Waals surface area contributed by atoms with Crippen LogP contribution < -0.4 is 38.5 Å². The number of carboxylic acid groups (broad SMARTS) is 1. The Bertz CT molecular complexity index is 719. The fourth-order valence-electron chi connectivity index (χ4n) is 2.44. The molecule has 16 heteroatoms. The van der Waals surface area contributed by atoms with Crippen molar-refractivity contribution in [3.63, 3.8) is 0 Å². The molecule has 16 nitrogen and oxygen atoms in total. The van der Waals surface area contributed by atoms with Crippen LogP contribution in [0.15, 0.2) is 0 Å². The van der Waals surface area contributed by atoms with Gasteiger partial charge in [0.1, 0.15) is 24.2 Å². The smallest absolute Gasteiger partial charge is 0.326 e. The van der Waals surface area contributed by atoms with Gasteiger partial charge in [0.25, 0.3) is 0 Å². The van der Waals surface area contributed by atoms with E-state index in [1.807, 2.05) is 0 Å². The van der Waals surface area contributed by atoms with Gasteiger partial charge in [0, 0.05) is 13.0 Å². The third kappa shape index (κ3) is 12.2. The standard InChI is InChI=1S/C17H32N8O8/c18-8(6-26)13(29)25-11(7-27)15(31)23-9(3-4-12(19)28)14(30)24-10(16(32)33)2-1-5-22-17(20)21/h8-11,26-27H,1-7,18H2,(H2,19,28)(H,23,31)(H,24,30)(H,25,29)(H,32,33)(H4,20,21,22)/t8-,9-,10-,11-/m0/s1. The zero-order chi connectivity index (χ0) is 25.6. The van der Waals surface area contributed by atoms with Crippen LogP contribution in [0.3, 0.4) is 0 Å². The van der Waals surface area contributed by atoms with Crippen LogP contribution in [0.4, 0.5) is 0 Å². The molecule has 4 amide bonds. The van der Waals surface area contributed by atoms with Crippen molar-refractivity contribution < 1.29 is 39.3 Å². The molecule has 0 aliphatic rings. The maximum absolute atomic E-state index is 12.6. The van der Waals surface area contributed by atoms with Crippen LogP contribution in [-0.4, -0.2) is 94.8 Å². The molecule has 0 fully saturated rings. The lowest BCUT2D eigenvalue weighted by atomic mass is 10.1. The van der Waals surface area contributed by atoms with Crippen molar-refractivity contribution in [3.8, 4) is 0 Å². The van der Waals surface area contributed by atoms with E-state index in [-0.39, 0.29) is 38.2 Å². The van der Waals surface area contributed by atoms with Gasteiger partial charge in [0.05, 0.1) is 13.2 Å². The number of nitrogens with two attached hydrogens (primary N) is 3. The molecule has 0 rings (SSSR count). The highest BCUT2D eigenvalue weighted by Gasteiger charge is 2.30. The fourth-order valence-corrected chi connectivity index (χ4v) is 2.44. The first-order chi connectivity index (χ1) is 15.4. The van der Waals surface area contributed by atoms with Gasteiger partial charge in [-0.25, -0.2) is 4.79 Å². The number of primary amides is 1. The van der Waals surface area contributed by atoms with Crippen LogP contribution in [-0.2, 0) is 24.0 Å². The molecular formula is C17H32N8O8. The number of aliphatic carboxylic acids is 1. The number of guanidine groups is 1. The molecule has 4 atom stereocenters. The number of aliphatic hydroxyl groups excluding tert-OH is 2. The van der Waals surface area contributed by atoms with Crippen molar-refractivity contribution in [1.82, 2.24) is 21.3 Å². The van der Waals surface area contributed by atoms with Crippen molar-refractivity contribution in [2.75, 3.05) is 19.8 Å². The number of hydrogen-bond acceptors (Lipinski definition) is 9. The summed E-state index contributed by atoms with van der Waals surface area (Å²) in [7, 11) is 0. The zero-order valence-electron chi connectivity index (χ0n) is 17.9. The lowest BCUT2D eigenvalue weighted by Crippen LogP contribution is -2.58. The van der Waals surface area contributed by atoms with E-state index < -0.39 is 67.0 Å². The van der Waals surface area contributed by atoms with Crippen LogP contribution in [0.1, 0.15) is 25.7 Å². The lowest BCUT2D eigenvalue weighted by molar-refractivity contribution is -0.142. The highest BCUT2D eigenvalue weighted by molar-refractivity contribution is 5.94. The monoisotopic (exact) mass is 476 g/mol. The number of carboxylic acids is 1. The predicted molar refractivity (Wildman–Crippen MR) is 113 cm³/mol. The summed E-state index contributed by atoms with van der Waals surface area (Å²) >= 11 is 0. The van der Waals surface area contributed by atoms with Gasteiger partial charge in [-0.2, -0.15) is 0 Å². The topological polar surface area (TPSA) is 296 Å². The summed E-state index contributed by atoms with van der Waals surface area (Å²) in [6.45, 7) is -1.40. The molecule has 0 saturated carbocycles. The molecule has 188 valence electrons. The summed E-state index contributed by atoms with van der Waals surface area (Å²) < 4.78 is 0. The molecule has 0 heterocycles. The van der Waals surface area contributed by atoms with Crippen molar-refractivity contribution in [2.24, 2.45) is 17.2 Å². The Hall–Kier alpha value is -3.50. The molecular weight excluding hydrogens is 444 g/mol. The van der Waals surface area contributed by atoms with Crippen LogP contribution in [0.25, 0.3) is 0 Å². The van der Waals surface area contributed by atoms with Crippen molar-refractivity contribution in [1.29, 1.82) is 5.41 Å². The second-order valence-corrected chi connectivity index (χ2v) is 6.98. The Balaban J connectivity index is 5.25. The number of carbonyl (C=O) groups is 5. The minimum absolute atomic E-state index is 0.0355. The van der Waals surface area contributed by atoms with Gasteiger partial charge in [-0.1, -0.05) is 0 Å². The van der Waals surface area contributed by atoms with Gasteiger partial charge >= 0.3 is 5.97 Å². The Morgan fingerprint density at radius 2 is 1.36 bits per heavy atom. The Morgan fingerprint density at radius 1 is 0.818 bits per heavy atom. The van der Waals surface area contributed by atoms with E-state index in [4.69, 9.17) is 27.7 Å². The van der Waals surface area contributed by atoms with Crippen molar-refractivity contribution >= 4 is 35.6 Å². The van der Waals surface area contributed by atoms with Crippen molar-refractivity contribution in [2.45, 2.75) is 49.9 Å². The molecule has 33 heavy (non-hydrogen) atoms. The number of nitrogens with one attached hydrogen (secondary N) is 5. The number of amides is 4. The quantitative estimate of drug-likeness (QED) is 0.0566. The van der Waals surface area contributed by atoms with E-state index in [1.165, 1.54) is 0 Å². The first-order valence-corrected chi connectivity index (χ1v) is 9.90. The maximum Gasteiger partial charge on any atom is 0.326 e. The highest BCUT2D eigenvalue weighted by atomic mass is 16.4. The maximum atomic E-state index is 12.6. The van der Waals surface area contributed by atoms with Gasteiger partial charge in [0.15, 0.2) is 5.96 Å². The normalized spacial score (nSPS) is 14.2. The number of rotatable bonds is 16. The molecule has 0 aromatic carbocycles. The molecule has 0 aromatic rings. The predicted octanol–water partition coefficient (Wildman–Crippen LogP) is -5.63. The summed E-state index contributed by atoms with van der Waals surface area (Å²) in [6, 6.07) is -5.66. The second kappa shape index (κ2) is 15.3. The molecule has 0 radical (unpaired) electrons. The van der Waals surface area contributed by atoms with E-state index >= 15 is 0 Å². The summed E-state index contributed by atoms with van der Waals surface area (Å²) in [4.78, 5) is 59.4. The third-order valence-electron chi connectivity index (χ3n) is 4.26. The minimum Gasteiger partial charge on any atom is -0.480 e. The number of hydrogen-bond donors (Lipinski definition) is 11. The minimum atomic E-state index is -1.54. The van der Waals surface area contributed by atoms with Gasteiger partial charge in [-0.3, -0.25) is 24.6 Å². The van der Waals surface area contributed by atoms with Gasteiger partial charge in [-0.15, -0.1) is 0 Å². The van der Waals surface area contributed by atoms with E-state index in [1.54, 1.807) is 0 Å². The molecule has 0 unspecified atom stereocenters. The first-order valence-electron chi connectivity index (χ1n) is 9.90. The van der Waals surface area contributed by atoms with E-state index in [0.717, 1.165) is 0 Å². The summed E-state index contributed by atoms with van der Waals surface area (Å²) in [5.74, 6) is -5.33. The second-order valence-electron chi connectivity index (χ2n) is 6.98. The Kier molecular flexibility index (Phi) is 13.7. The summed E-state index contributed by atoms with van der Waals surface area (Å²) in [6.07, 6.45) is -0.414. The van der Waals surface area contributed by atoms with Crippen LogP contribution in [0, 0.1) is 5.41 Å². The average molecular weight is 476 g/mol. The molecule has 0 aliphatic heterocycles. The zero-order valence-corrected chi connectivity index (χ0v) is 17.9. The molecule has 14 N–H and O–H groups in total. The van der Waals surface area contributed by atoms with Crippen LogP contribution in [0.2, 0.25) is 0 Å². The SMILES string of the molecule is N=C(N)NCCC[C@H](NC(=O)[C@H](CCC(N)=O)NC(=O)[C@H](CO)NC(=O)[C@@H](N)CO)C(=O)O. The molecule has 0 aliphatic carbocycles. The van der Waals surface area contributed by atoms with Crippen LogP contribution >= 0.6 is 0 Å². The van der Waals surface area contributed by atoms with Gasteiger partial charge < -0.3 is 53.8 Å². The van der Waals surface area contributed by atoms with Crippen LogP contribution in [0.5, 0.6) is 0 Å². The fraction of sp³-hybridized carbons (Fsp3) is 0.647. The van der Waals surface area contributed by atoms with E-state index in [0.29, 0.717) is 0 Å². The van der Waals surface area contributed by atoms with Gasteiger partial charge in [-0.05, 0) is 19.3 Å². The molecule has 0 bridgehead atoms. The van der Waals surface area contributed by atoms with Crippen molar-refractivity contribution in [3.05, 3.63) is 0 Å². The molecule has 0 aromatic heterocycles. The highest BCUT2D eigenvalue weighted by Crippen LogP contribution is 2.03. The number of carbonyl (C=O) groups excluding carboxylic acids is 4.